The highest BCUT2D eigenvalue weighted by atomic mass is 32.1. The minimum atomic E-state index is -4.41. The Bertz CT molecular complexity index is 823. The molecule has 7 heteroatoms. The Kier molecular flexibility index (Phi) is 3.09. The second-order valence-electron chi connectivity index (χ2n) is 4.44. The first kappa shape index (κ1) is 13.8. The van der Waals surface area contributed by atoms with Gasteiger partial charge in [0, 0.05) is 5.56 Å². The van der Waals surface area contributed by atoms with Crippen molar-refractivity contribution in [3.8, 4) is 10.6 Å². The number of thiazole rings is 1. The lowest BCUT2D eigenvalue weighted by Crippen LogP contribution is -2.03. The van der Waals surface area contributed by atoms with E-state index in [1.807, 2.05) is 0 Å². The van der Waals surface area contributed by atoms with Gasteiger partial charge >= 0.3 is 6.18 Å². The zero-order valence-corrected chi connectivity index (χ0v) is 11.2. The quantitative estimate of drug-likeness (QED) is 0.522. The molecule has 0 aliphatic rings. The van der Waals surface area contributed by atoms with Crippen molar-refractivity contribution in [2.45, 2.75) is 6.18 Å². The zero-order chi connectivity index (χ0) is 15.2. The minimum Gasteiger partial charge on any atom is -0.396 e. The lowest BCUT2D eigenvalue weighted by Gasteiger charge is -2.04. The van der Waals surface area contributed by atoms with E-state index in [4.69, 9.17) is 5.73 Å². The molecule has 2 aromatic carbocycles. The molecule has 0 unspecified atom stereocenters. The number of hydrogen-bond donors (Lipinski definition) is 1. The van der Waals surface area contributed by atoms with E-state index in [1.165, 1.54) is 29.5 Å². The lowest BCUT2D eigenvalue weighted by atomic mass is 10.2. The molecule has 2 nitrogen and oxygen atoms in total. The van der Waals surface area contributed by atoms with Gasteiger partial charge in [0.25, 0.3) is 0 Å². The Morgan fingerprint density at radius 1 is 1.05 bits per heavy atom. The molecule has 0 aliphatic heterocycles. The smallest absolute Gasteiger partial charge is 0.396 e. The van der Waals surface area contributed by atoms with Crippen molar-refractivity contribution in [3.05, 3.63) is 47.8 Å². The summed E-state index contributed by atoms with van der Waals surface area (Å²) in [6.45, 7) is 0. The molecule has 0 saturated carbocycles. The number of rotatable bonds is 1. The van der Waals surface area contributed by atoms with Crippen LogP contribution in [-0.4, -0.2) is 4.98 Å². The molecule has 0 radical (unpaired) electrons. The van der Waals surface area contributed by atoms with Crippen molar-refractivity contribution in [1.29, 1.82) is 0 Å². The molecular weight excluding hydrogens is 304 g/mol. The Hall–Kier alpha value is -2.15. The lowest BCUT2D eigenvalue weighted by molar-refractivity contribution is -0.137. The van der Waals surface area contributed by atoms with E-state index in [1.54, 1.807) is 6.07 Å². The Morgan fingerprint density at radius 3 is 2.48 bits per heavy atom. The topological polar surface area (TPSA) is 38.9 Å². The van der Waals surface area contributed by atoms with E-state index in [9.17, 15) is 17.6 Å². The fourth-order valence-corrected chi connectivity index (χ4v) is 2.83. The minimum absolute atomic E-state index is 0.0132. The van der Waals surface area contributed by atoms with Crippen LogP contribution in [0.5, 0.6) is 0 Å². The first-order valence-electron chi connectivity index (χ1n) is 5.88. The third kappa shape index (κ3) is 2.56. The van der Waals surface area contributed by atoms with Gasteiger partial charge in [-0.1, -0.05) is 0 Å². The number of anilines is 1. The summed E-state index contributed by atoms with van der Waals surface area (Å²) < 4.78 is 52.0. The number of hydrogen-bond acceptors (Lipinski definition) is 3. The van der Waals surface area contributed by atoms with E-state index < -0.39 is 17.6 Å². The third-order valence-electron chi connectivity index (χ3n) is 2.96. The average molecular weight is 312 g/mol. The molecule has 3 rings (SSSR count). The van der Waals surface area contributed by atoms with Crippen molar-refractivity contribution in [2.75, 3.05) is 5.73 Å². The third-order valence-corrected chi connectivity index (χ3v) is 4.05. The predicted molar refractivity (Wildman–Crippen MR) is 74.4 cm³/mol. The van der Waals surface area contributed by atoms with Crippen LogP contribution < -0.4 is 5.73 Å². The number of nitrogen functional groups attached to an aromatic ring is 1. The van der Waals surface area contributed by atoms with Crippen LogP contribution >= 0.6 is 11.3 Å². The number of alkyl halides is 3. The van der Waals surface area contributed by atoms with Gasteiger partial charge < -0.3 is 5.73 Å². The standard InChI is InChI=1S/C14H8F4N2S/c15-9-5-7(1-3-10(9)19)13-20-11-6-8(14(16,17)18)2-4-12(11)21-13/h1-6H,19H2. The molecule has 0 fully saturated rings. The van der Waals surface area contributed by atoms with Gasteiger partial charge in [0.2, 0.25) is 0 Å². The van der Waals surface area contributed by atoms with Crippen molar-refractivity contribution < 1.29 is 17.6 Å². The molecule has 0 aliphatic carbocycles. The first-order valence-corrected chi connectivity index (χ1v) is 6.69. The van der Waals surface area contributed by atoms with E-state index in [-0.39, 0.29) is 11.2 Å². The molecule has 1 heterocycles. The number of nitrogens with two attached hydrogens (primary N) is 1. The van der Waals surface area contributed by atoms with E-state index in [0.29, 0.717) is 15.3 Å². The molecule has 2 N–H and O–H groups in total. The maximum absolute atomic E-state index is 13.4. The Morgan fingerprint density at radius 2 is 1.81 bits per heavy atom. The van der Waals surface area contributed by atoms with Crippen LogP contribution in [0.25, 0.3) is 20.8 Å². The van der Waals surface area contributed by atoms with Crippen molar-refractivity contribution in [3.63, 3.8) is 0 Å². The zero-order valence-electron chi connectivity index (χ0n) is 10.4. The summed E-state index contributed by atoms with van der Waals surface area (Å²) >= 11 is 1.20. The van der Waals surface area contributed by atoms with Crippen LogP contribution in [0.2, 0.25) is 0 Å². The van der Waals surface area contributed by atoms with Gasteiger partial charge in [0.1, 0.15) is 10.8 Å². The first-order chi connectivity index (χ1) is 9.84. The van der Waals surface area contributed by atoms with Gasteiger partial charge in [0.15, 0.2) is 0 Å². The second-order valence-corrected chi connectivity index (χ2v) is 5.47. The summed E-state index contributed by atoms with van der Waals surface area (Å²) in [5, 5.41) is 0.447. The Balaban J connectivity index is 2.10. The second kappa shape index (κ2) is 4.70. The fourth-order valence-electron chi connectivity index (χ4n) is 1.89. The number of aromatic nitrogens is 1. The summed E-state index contributed by atoms with van der Waals surface area (Å²) in [4.78, 5) is 4.14. The molecule has 0 bridgehead atoms. The van der Waals surface area contributed by atoms with Crippen LogP contribution in [0.15, 0.2) is 36.4 Å². The largest absolute Gasteiger partial charge is 0.416 e. The van der Waals surface area contributed by atoms with Crippen LogP contribution in [0, 0.1) is 5.82 Å². The molecule has 0 amide bonds. The maximum Gasteiger partial charge on any atom is 0.416 e. The number of nitrogens with zero attached hydrogens (tertiary/aromatic N) is 1. The highest BCUT2D eigenvalue weighted by Crippen LogP contribution is 2.35. The van der Waals surface area contributed by atoms with E-state index in [2.05, 4.69) is 4.98 Å². The molecule has 21 heavy (non-hydrogen) atoms. The summed E-state index contributed by atoms with van der Waals surface area (Å²) in [5.74, 6) is -0.581. The molecule has 3 aromatic rings. The van der Waals surface area contributed by atoms with Crippen LogP contribution in [0.4, 0.5) is 23.2 Å². The fraction of sp³-hybridized carbons (Fsp3) is 0.0714. The summed E-state index contributed by atoms with van der Waals surface area (Å²) in [5.41, 5.74) is 5.37. The summed E-state index contributed by atoms with van der Waals surface area (Å²) in [6, 6.07) is 7.57. The summed E-state index contributed by atoms with van der Waals surface area (Å²) in [6.07, 6.45) is -4.41. The number of fused-ring (bicyclic) bond motifs is 1. The van der Waals surface area contributed by atoms with E-state index >= 15 is 0 Å². The number of halogens is 4. The molecule has 108 valence electrons. The van der Waals surface area contributed by atoms with Gasteiger partial charge in [0.05, 0.1) is 21.5 Å². The van der Waals surface area contributed by atoms with Gasteiger partial charge in [-0.05, 0) is 36.4 Å². The molecule has 1 aromatic heterocycles. The van der Waals surface area contributed by atoms with E-state index in [0.717, 1.165) is 12.1 Å². The highest BCUT2D eigenvalue weighted by Gasteiger charge is 2.30. The van der Waals surface area contributed by atoms with Crippen molar-refractivity contribution in [2.24, 2.45) is 0 Å². The highest BCUT2D eigenvalue weighted by molar-refractivity contribution is 7.21. The monoisotopic (exact) mass is 312 g/mol. The van der Waals surface area contributed by atoms with Crippen LogP contribution in [0.3, 0.4) is 0 Å². The maximum atomic E-state index is 13.4. The predicted octanol–water partition coefficient (Wildman–Crippen LogP) is 4.70. The van der Waals surface area contributed by atoms with Crippen LogP contribution in [-0.2, 0) is 6.18 Å². The van der Waals surface area contributed by atoms with Gasteiger partial charge in [-0.15, -0.1) is 11.3 Å². The van der Waals surface area contributed by atoms with Crippen molar-refractivity contribution >= 4 is 27.2 Å². The van der Waals surface area contributed by atoms with Gasteiger partial charge in [-0.2, -0.15) is 13.2 Å². The normalized spacial score (nSPS) is 12.0. The SMILES string of the molecule is Nc1ccc(-c2nc3cc(C(F)(F)F)ccc3s2)cc1F. The molecule has 0 spiro atoms. The molecule has 0 saturated heterocycles. The average Bonchev–Trinajstić information content (AvgIpc) is 2.83. The van der Waals surface area contributed by atoms with Crippen molar-refractivity contribution in [1.82, 2.24) is 4.98 Å². The van der Waals surface area contributed by atoms with Gasteiger partial charge in [-0.3, -0.25) is 0 Å². The Labute approximate surface area is 120 Å². The summed E-state index contributed by atoms with van der Waals surface area (Å²) in [7, 11) is 0. The molecular formula is C14H8F4N2S. The van der Waals surface area contributed by atoms with Crippen LogP contribution in [0.1, 0.15) is 5.56 Å². The molecule has 0 atom stereocenters. The van der Waals surface area contributed by atoms with Gasteiger partial charge in [-0.25, -0.2) is 9.37 Å². The number of benzene rings is 2.